The first-order valence-electron chi connectivity index (χ1n) is 10.4. The fourth-order valence-electron chi connectivity index (χ4n) is 5.51. The standard InChI is InChI=1S/C22H32N2O3/c1-15-20-11-17-5-6-18(27-2)12-19(17)22(15,7-9-23-13-21(25)26)8-10-24(20)14-16-3-4-16/h5-6,12,15-16,20,23H,3-4,7-11,13-14H2,1-2H3,(H,25,26)/t15-,20+,22+/m1/s1. The van der Waals surface area contributed by atoms with Crippen molar-refractivity contribution in [1.29, 1.82) is 0 Å². The summed E-state index contributed by atoms with van der Waals surface area (Å²) in [6, 6.07) is 7.19. The summed E-state index contributed by atoms with van der Waals surface area (Å²) in [5.41, 5.74) is 3.00. The lowest BCUT2D eigenvalue weighted by atomic mass is 9.56. The van der Waals surface area contributed by atoms with Crippen LogP contribution < -0.4 is 10.1 Å². The van der Waals surface area contributed by atoms with Gasteiger partial charge in [-0.3, -0.25) is 9.69 Å². The van der Waals surface area contributed by atoms with Crippen LogP contribution in [0, 0.1) is 11.8 Å². The van der Waals surface area contributed by atoms with E-state index in [-0.39, 0.29) is 12.0 Å². The van der Waals surface area contributed by atoms with Gasteiger partial charge in [0.15, 0.2) is 0 Å². The molecule has 5 nitrogen and oxygen atoms in total. The molecule has 4 rings (SSSR count). The lowest BCUT2D eigenvalue weighted by Gasteiger charge is -2.56. The zero-order valence-electron chi connectivity index (χ0n) is 16.5. The number of methoxy groups -OCH3 is 1. The Kier molecular flexibility index (Phi) is 5.17. The maximum atomic E-state index is 10.9. The van der Waals surface area contributed by atoms with Gasteiger partial charge in [0.05, 0.1) is 13.7 Å². The Hall–Kier alpha value is -1.59. The van der Waals surface area contributed by atoms with Crippen molar-refractivity contribution in [1.82, 2.24) is 10.2 Å². The molecule has 3 aliphatic rings. The molecule has 5 heteroatoms. The molecule has 148 valence electrons. The highest BCUT2D eigenvalue weighted by Crippen LogP contribution is 2.52. The van der Waals surface area contributed by atoms with Crippen molar-refractivity contribution in [2.45, 2.75) is 50.5 Å². The van der Waals surface area contributed by atoms with E-state index < -0.39 is 5.97 Å². The van der Waals surface area contributed by atoms with Crippen LogP contribution in [0.3, 0.4) is 0 Å². The number of carboxylic acid groups (broad SMARTS) is 1. The minimum absolute atomic E-state index is 0.0344. The van der Waals surface area contributed by atoms with Crippen molar-refractivity contribution in [2.24, 2.45) is 11.8 Å². The number of ether oxygens (including phenoxy) is 1. The molecule has 3 atom stereocenters. The Morgan fingerprint density at radius 1 is 1.41 bits per heavy atom. The summed E-state index contributed by atoms with van der Waals surface area (Å²) in [7, 11) is 1.73. The lowest BCUT2D eigenvalue weighted by molar-refractivity contribution is -0.136. The molecule has 1 aromatic carbocycles. The molecule has 1 aliphatic heterocycles. The number of carboxylic acids is 1. The van der Waals surface area contributed by atoms with Crippen LogP contribution in [-0.4, -0.2) is 55.3 Å². The molecule has 2 bridgehead atoms. The molecule has 2 fully saturated rings. The Labute approximate surface area is 162 Å². The van der Waals surface area contributed by atoms with Crippen molar-refractivity contribution >= 4 is 5.97 Å². The Balaban J connectivity index is 1.62. The minimum Gasteiger partial charge on any atom is -0.497 e. The molecule has 1 heterocycles. The van der Waals surface area contributed by atoms with Gasteiger partial charge in [-0.05, 0) is 80.3 Å². The molecule has 0 spiro atoms. The van der Waals surface area contributed by atoms with Gasteiger partial charge in [-0.25, -0.2) is 0 Å². The highest BCUT2D eigenvalue weighted by atomic mass is 16.5. The topological polar surface area (TPSA) is 61.8 Å². The number of carbonyl (C=O) groups is 1. The third-order valence-corrected chi connectivity index (χ3v) is 7.26. The van der Waals surface area contributed by atoms with Crippen molar-refractivity contribution in [3.05, 3.63) is 29.3 Å². The van der Waals surface area contributed by atoms with Crippen LogP contribution in [0.25, 0.3) is 0 Å². The molecule has 0 unspecified atom stereocenters. The summed E-state index contributed by atoms with van der Waals surface area (Å²) >= 11 is 0. The second kappa shape index (κ2) is 7.44. The van der Waals surface area contributed by atoms with E-state index in [9.17, 15) is 4.79 Å². The summed E-state index contributed by atoms with van der Waals surface area (Å²) in [5.74, 6) is 1.62. The molecule has 2 aliphatic carbocycles. The number of nitrogens with one attached hydrogen (secondary N) is 1. The van der Waals surface area contributed by atoms with Crippen LogP contribution >= 0.6 is 0 Å². The molecular weight excluding hydrogens is 340 g/mol. The molecule has 2 N–H and O–H groups in total. The zero-order valence-corrected chi connectivity index (χ0v) is 16.5. The van der Waals surface area contributed by atoms with E-state index in [2.05, 4.69) is 35.3 Å². The van der Waals surface area contributed by atoms with Gasteiger partial charge >= 0.3 is 5.97 Å². The highest BCUT2D eigenvalue weighted by molar-refractivity contribution is 5.68. The van der Waals surface area contributed by atoms with E-state index in [0.29, 0.717) is 12.0 Å². The summed E-state index contributed by atoms with van der Waals surface area (Å²) < 4.78 is 5.53. The van der Waals surface area contributed by atoms with Gasteiger partial charge in [-0.2, -0.15) is 0 Å². The number of piperidine rings is 1. The third kappa shape index (κ3) is 3.59. The van der Waals surface area contributed by atoms with Gasteiger partial charge in [-0.15, -0.1) is 0 Å². The van der Waals surface area contributed by atoms with Gasteiger partial charge in [0, 0.05) is 18.0 Å². The van der Waals surface area contributed by atoms with E-state index >= 15 is 0 Å². The van der Waals surface area contributed by atoms with E-state index in [1.165, 1.54) is 30.5 Å². The van der Waals surface area contributed by atoms with E-state index in [1.807, 2.05) is 0 Å². The normalized spacial score (nSPS) is 30.0. The second-order valence-corrected chi connectivity index (χ2v) is 8.75. The first-order chi connectivity index (χ1) is 13.0. The fourth-order valence-corrected chi connectivity index (χ4v) is 5.51. The Morgan fingerprint density at radius 3 is 2.93 bits per heavy atom. The molecule has 0 radical (unpaired) electrons. The molecular formula is C22H32N2O3. The third-order valence-electron chi connectivity index (χ3n) is 7.26. The summed E-state index contributed by atoms with van der Waals surface area (Å²) in [4.78, 5) is 13.6. The second-order valence-electron chi connectivity index (χ2n) is 8.75. The number of aliphatic carboxylic acids is 1. The Bertz CT molecular complexity index is 703. The van der Waals surface area contributed by atoms with Crippen molar-refractivity contribution in [3.8, 4) is 5.75 Å². The smallest absolute Gasteiger partial charge is 0.317 e. The number of likely N-dealkylation sites (tertiary alicyclic amines) is 1. The number of rotatable bonds is 8. The van der Waals surface area contributed by atoms with Crippen LogP contribution in [0.1, 0.15) is 43.7 Å². The van der Waals surface area contributed by atoms with Crippen molar-refractivity contribution in [2.75, 3.05) is 33.3 Å². The molecule has 0 aromatic heterocycles. The summed E-state index contributed by atoms with van der Waals surface area (Å²) in [6.07, 6.45) is 6.05. The van der Waals surface area contributed by atoms with Gasteiger partial charge in [0.1, 0.15) is 5.75 Å². The molecule has 27 heavy (non-hydrogen) atoms. The zero-order chi connectivity index (χ0) is 19.0. The largest absolute Gasteiger partial charge is 0.497 e. The monoisotopic (exact) mass is 372 g/mol. The predicted molar refractivity (Wildman–Crippen MR) is 105 cm³/mol. The van der Waals surface area contributed by atoms with Gasteiger partial charge < -0.3 is 15.2 Å². The van der Waals surface area contributed by atoms with Crippen molar-refractivity contribution < 1.29 is 14.6 Å². The van der Waals surface area contributed by atoms with Crippen LogP contribution in [0.4, 0.5) is 0 Å². The SMILES string of the molecule is COc1ccc2c(c1)[C@@]1(CCNCC(=O)O)CCN(CC3CC3)[C@@H](C2)[C@H]1C. The first-order valence-corrected chi connectivity index (χ1v) is 10.4. The minimum atomic E-state index is -0.789. The quantitative estimate of drug-likeness (QED) is 0.687. The Morgan fingerprint density at radius 2 is 2.22 bits per heavy atom. The number of hydrogen-bond acceptors (Lipinski definition) is 4. The summed E-state index contributed by atoms with van der Waals surface area (Å²) in [5, 5.41) is 12.1. The van der Waals surface area contributed by atoms with E-state index in [1.54, 1.807) is 7.11 Å². The van der Waals surface area contributed by atoms with Gasteiger partial charge in [0.25, 0.3) is 0 Å². The number of fused-ring (bicyclic) bond motifs is 4. The molecule has 0 amide bonds. The van der Waals surface area contributed by atoms with Crippen molar-refractivity contribution in [3.63, 3.8) is 0 Å². The lowest BCUT2D eigenvalue weighted by Crippen LogP contribution is -2.59. The average molecular weight is 373 g/mol. The molecule has 1 saturated carbocycles. The van der Waals surface area contributed by atoms with Crippen LogP contribution in [0.2, 0.25) is 0 Å². The van der Waals surface area contributed by atoms with Crippen LogP contribution in [0.5, 0.6) is 5.75 Å². The predicted octanol–water partition coefficient (Wildman–Crippen LogP) is 2.67. The molecule has 1 saturated heterocycles. The maximum absolute atomic E-state index is 10.9. The number of nitrogens with zero attached hydrogens (tertiary/aromatic N) is 1. The van der Waals surface area contributed by atoms with Gasteiger partial charge in [0.2, 0.25) is 0 Å². The maximum Gasteiger partial charge on any atom is 0.317 e. The summed E-state index contributed by atoms with van der Waals surface area (Å²) in [6.45, 7) is 5.60. The first kappa shape index (κ1) is 18.8. The molecule has 1 aromatic rings. The van der Waals surface area contributed by atoms with E-state index in [4.69, 9.17) is 9.84 Å². The van der Waals surface area contributed by atoms with Gasteiger partial charge in [-0.1, -0.05) is 13.0 Å². The van der Waals surface area contributed by atoms with Crippen LogP contribution in [0.15, 0.2) is 18.2 Å². The van der Waals surface area contributed by atoms with Crippen LogP contribution in [-0.2, 0) is 16.6 Å². The van der Waals surface area contributed by atoms with E-state index in [0.717, 1.165) is 44.0 Å². The number of benzene rings is 1. The average Bonchev–Trinajstić information content (AvgIpc) is 3.46. The highest BCUT2D eigenvalue weighted by Gasteiger charge is 2.51. The fraction of sp³-hybridized carbons (Fsp3) is 0.682. The number of hydrogen-bond donors (Lipinski definition) is 2.